The molecular formula is C16H23NaO9S. The number of hydrogen-bond acceptors (Lipinski definition) is 8. The first-order valence-corrected chi connectivity index (χ1v) is 9.42. The third kappa shape index (κ3) is 9.65. The van der Waals surface area contributed by atoms with Crippen LogP contribution in [0.25, 0.3) is 0 Å². The van der Waals surface area contributed by atoms with Gasteiger partial charge >= 0.3 is 41.5 Å². The van der Waals surface area contributed by atoms with E-state index in [-0.39, 0.29) is 67.1 Å². The number of benzene rings is 1. The second kappa shape index (κ2) is 13.2. The van der Waals surface area contributed by atoms with Crippen molar-refractivity contribution in [2.45, 2.75) is 30.6 Å². The molecule has 0 saturated carbocycles. The minimum atomic E-state index is -4.65. The zero-order valence-corrected chi connectivity index (χ0v) is 14.9. The van der Waals surface area contributed by atoms with Crippen LogP contribution in [0.1, 0.15) is 46.4 Å². The van der Waals surface area contributed by atoms with Crippen molar-refractivity contribution in [3.63, 3.8) is 0 Å². The molecule has 0 atom stereocenters. The topological polar surface area (TPSA) is 147 Å². The van der Waals surface area contributed by atoms with Crippen molar-refractivity contribution in [1.29, 1.82) is 0 Å². The molecule has 0 fully saturated rings. The van der Waals surface area contributed by atoms with Crippen molar-refractivity contribution in [3.8, 4) is 0 Å². The van der Waals surface area contributed by atoms with E-state index < -0.39 is 27.0 Å². The summed E-state index contributed by atoms with van der Waals surface area (Å²) in [7, 11) is -4.65. The number of hydrogen-bond donors (Lipinski definition) is 3. The first-order valence-electron chi connectivity index (χ1n) is 7.98. The Balaban J connectivity index is 0.00000676. The minimum absolute atomic E-state index is 0. The number of esters is 2. The molecule has 0 aliphatic carbocycles. The molecule has 0 aliphatic heterocycles. The molecule has 0 unspecified atom stereocenters. The predicted molar refractivity (Wildman–Crippen MR) is 96.6 cm³/mol. The van der Waals surface area contributed by atoms with E-state index in [4.69, 9.17) is 19.7 Å². The normalized spacial score (nSPS) is 10.8. The van der Waals surface area contributed by atoms with Crippen LogP contribution in [0.4, 0.5) is 0 Å². The van der Waals surface area contributed by atoms with Crippen LogP contribution in [-0.4, -0.2) is 91.1 Å². The monoisotopic (exact) mass is 414 g/mol. The van der Waals surface area contributed by atoms with E-state index in [1.807, 2.05) is 0 Å². The van der Waals surface area contributed by atoms with Crippen LogP contribution >= 0.6 is 0 Å². The molecule has 0 spiro atoms. The van der Waals surface area contributed by atoms with Gasteiger partial charge in [-0.05, 0) is 43.9 Å². The van der Waals surface area contributed by atoms with Crippen molar-refractivity contribution in [3.05, 3.63) is 29.3 Å². The third-order valence-electron chi connectivity index (χ3n) is 3.25. The first kappa shape index (κ1) is 26.0. The Kier molecular flexibility index (Phi) is 12.7. The molecule has 1 aromatic rings. The van der Waals surface area contributed by atoms with Gasteiger partial charge in [0.25, 0.3) is 10.1 Å². The van der Waals surface area contributed by atoms with Gasteiger partial charge in [-0.25, -0.2) is 9.59 Å². The van der Waals surface area contributed by atoms with E-state index in [1.165, 1.54) is 0 Å². The molecule has 1 aromatic carbocycles. The van der Waals surface area contributed by atoms with Crippen LogP contribution in [-0.2, 0) is 19.6 Å². The zero-order valence-electron chi connectivity index (χ0n) is 14.1. The second-order valence-electron chi connectivity index (χ2n) is 5.35. The van der Waals surface area contributed by atoms with Crippen molar-refractivity contribution in [1.82, 2.24) is 0 Å². The Morgan fingerprint density at radius 1 is 0.815 bits per heavy atom. The molecule has 148 valence electrons. The van der Waals surface area contributed by atoms with Gasteiger partial charge < -0.3 is 19.7 Å². The van der Waals surface area contributed by atoms with Gasteiger partial charge in [-0.1, -0.05) is 0 Å². The van der Waals surface area contributed by atoms with Crippen LogP contribution in [0.15, 0.2) is 23.1 Å². The number of carbonyl (C=O) groups is 2. The summed E-state index contributed by atoms with van der Waals surface area (Å²) < 4.78 is 41.8. The number of unbranched alkanes of at least 4 members (excludes halogenated alkanes) is 2. The van der Waals surface area contributed by atoms with Crippen molar-refractivity contribution in [2.75, 3.05) is 26.4 Å². The average molecular weight is 414 g/mol. The Morgan fingerprint density at radius 2 is 1.22 bits per heavy atom. The van der Waals surface area contributed by atoms with Crippen LogP contribution in [0, 0.1) is 0 Å². The molecule has 0 bridgehead atoms. The fraction of sp³-hybridized carbons (Fsp3) is 0.500. The van der Waals surface area contributed by atoms with Gasteiger partial charge in [0.05, 0.1) is 29.2 Å². The standard InChI is InChI=1S/C16H22O9S.Na.H/c17-5-1-3-7-24-15(19)12-9-13(11-14(10-12)26(21,22)23)16(20)25-8-4-2-6-18;;/h9-11,17-18H,1-8H2,(H,21,22,23);;. The molecule has 1 rings (SSSR count). The van der Waals surface area contributed by atoms with Gasteiger partial charge in [-0.2, -0.15) is 8.42 Å². The van der Waals surface area contributed by atoms with Gasteiger partial charge in [-0.15, -0.1) is 0 Å². The number of aliphatic hydroxyl groups is 2. The van der Waals surface area contributed by atoms with Gasteiger partial charge in [-0.3, -0.25) is 4.55 Å². The van der Waals surface area contributed by atoms with Gasteiger partial charge in [0.15, 0.2) is 0 Å². The summed E-state index contributed by atoms with van der Waals surface area (Å²) in [6.07, 6.45) is 1.70. The first-order chi connectivity index (χ1) is 12.3. The van der Waals surface area contributed by atoms with Crippen LogP contribution < -0.4 is 0 Å². The van der Waals surface area contributed by atoms with Crippen molar-refractivity contribution < 1.29 is 42.2 Å². The maximum absolute atomic E-state index is 12.0. The molecule has 0 aliphatic rings. The summed E-state index contributed by atoms with van der Waals surface area (Å²) in [5.41, 5.74) is -0.460. The molecule has 0 aromatic heterocycles. The van der Waals surface area contributed by atoms with Gasteiger partial charge in [0, 0.05) is 13.2 Å². The Bertz CT molecular complexity index is 676. The molecular weight excluding hydrogens is 391 g/mol. The van der Waals surface area contributed by atoms with Crippen LogP contribution in [0.2, 0.25) is 0 Å². The van der Waals surface area contributed by atoms with E-state index in [0.717, 1.165) is 18.2 Å². The summed E-state index contributed by atoms with van der Waals surface area (Å²) in [5, 5.41) is 17.4. The molecule has 0 saturated heterocycles. The molecule has 0 amide bonds. The fourth-order valence-corrected chi connectivity index (χ4v) is 2.46. The SMILES string of the molecule is O=C(OCCCCO)c1cc(C(=O)OCCCCO)cc(S(=O)(=O)O)c1.[NaH]. The van der Waals surface area contributed by atoms with E-state index in [2.05, 4.69) is 0 Å². The second-order valence-corrected chi connectivity index (χ2v) is 6.78. The summed E-state index contributed by atoms with van der Waals surface area (Å²) in [6.45, 7) is -0.0863. The molecule has 11 heteroatoms. The number of rotatable bonds is 11. The maximum atomic E-state index is 12.0. The van der Waals surface area contributed by atoms with Gasteiger partial charge in [0.1, 0.15) is 0 Å². The average Bonchev–Trinajstić information content (AvgIpc) is 2.61. The summed E-state index contributed by atoms with van der Waals surface area (Å²) in [5.74, 6) is -1.74. The molecule has 3 N–H and O–H groups in total. The van der Waals surface area contributed by atoms with E-state index in [1.54, 1.807) is 0 Å². The van der Waals surface area contributed by atoms with Crippen LogP contribution in [0.3, 0.4) is 0 Å². The molecule has 0 heterocycles. The molecule has 27 heavy (non-hydrogen) atoms. The molecule has 0 radical (unpaired) electrons. The van der Waals surface area contributed by atoms with Crippen molar-refractivity contribution >= 4 is 51.6 Å². The quantitative estimate of drug-likeness (QED) is 0.199. The number of carbonyl (C=O) groups excluding carboxylic acids is 2. The Hall–Kier alpha value is -1.01. The molecule has 9 nitrogen and oxygen atoms in total. The summed E-state index contributed by atoms with van der Waals surface area (Å²) in [4.78, 5) is 23.4. The van der Waals surface area contributed by atoms with E-state index in [9.17, 15) is 22.6 Å². The number of aliphatic hydroxyl groups excluding tert-OH is 2. The zero-order chi connectivity index (χ0) is 19.6. The van der Waals surface area contributed by atoms with Gasteiger partial charge in [0.2, 0.25) is 0 Å². The van der Waals surface area contributed by atoms with E-state index in [0.29, 0.717) is 25.7 Å². The summed E-state index contributed by atoms with van der Waals surface area (Å²) in [6, 6.07) is 2.90. The predicted octanol–water partition coefficient (Wildman–Crippen LogP) is 0.143. The van der Waals surface area contributed by atoms with E-state index >= 15 is 0 Å². The summed E-state index contributed by atoms with van der Waals surface area (Å²) >= 11 is 0. The Morgan fingerprint density at radius 3 is 1.56 bits per heavy atom. The van der Waals surface area contributed by atoms with Crippen LogP contribution in [0.5, 0.6) is 0 Å². The Labute approximate surface area is 179 Å². The fourth-order valence-electron chi connectivity index (χ4n) is 1.91. The number of ether oxygens (including phenoxy) is 2. The van der Waals surface area contributed by atoms with Crippen molar-refractivity contribution in [2.24, 2.45) is 0 Å². The third-order valence-corrected chi connectivity index (χ3v) is 4.08.